The average molecular weight is 330 g/mol. The second-order valence-corrected chi connectivity index (χ2v) is 6.61. The lowest BCUT2D eigenvalue weighted by Crippen LogP contribution is -2.43. The summed E-state index contributed by atoms with van der Waals surface area (Å²) in [6, 6.07) is 6.38. The molecule has 0 saturated heterocycles. The normalized spacial score (nSPS) is 13.5. The number of aliphatic carboxylic acids is 1. The third kappa shape index (κ3) is 6.40. The number of carboxylic acids is 1. The first-order valence-corrected chi connectivity index (χ1v) is 8.15. The maximum Gasteiger partial charge on any atom is 0.326 e. The third-order valence-electron chi connectivity index (χ3n) is 2.96. The van der Waals surface area contributed by atoms with Gasteiger partial charge in [0.15, 0.2) is 0 Å². The van der Waals surface area contributed by atoms with Gasteiger partial charge in [-0.05, 0) is 37.6 Å². The van der Waals surface area contributed by atoms with Crippen molar-refractivity contribution >= 4 is 35.2 Å². The molecule has 0 saturated carbocycles. The molecule has 0 aliphatic carbocycles. The van der Waals surface area contributed by atoms with Crippen LogP contribution in [0.15, 0.2) is 29.2 Å². The monoisotopic (exact) mass is 329 g/mol. The van der Waals surface area contributed by atoms with E-state index in [1.807, 2.05) is 19.1 Å². The number of hydrogen-bond acceptors (Lipinski definition) is 3. The van der Waals surface area contributed by atoms with Gasteiger partial charge >= 0.3 is 5.97 Å². The van der Waals surface area contributed by atoms with Gasteiger partial charge in [0.25, 0.3) is 0 Å². The van der Waals surface area contributed by atoms with Crippen molar-refractivity contribution in [2.24, 2.45) is 0 Å². The molecule has 1 unspecified atom stereocenters. The number of amides is 1. The lowest BCUT2D eigenvalue weighted by molar-refractivity contribution is -0.141. The molecule has 0 fully saturated rings. The fraction of sp³-hybridized carbons (Fsp3) is 0.467. The highest BCUT2D eigenvalue weighted by molar-refractivity contribution is 8.00. The van der Waals surface area contributed by atoms with Crippen LogP contribution in [0.2, 0.25) is 5.02 Å². The maximum atomic E-state index is 12.1. The summed E-state index contributed by atoms with van der Waals surface area (Å²) in [6.07, 6.45) is 2.13. The molecule has 0 heterocycles. The quantitative estimate of drug-likeness (QED) is 0.715. The molecule has 0 radical (unpaired) electrons. The molecule has 0 aliphatic rings. The summed E-state index contributed by atoms with van der Waals surface area (Å²) in [4.78, 5) is 24.1. The number of carbonyl (C=O) groups is 2. The molecule has 0 aliphatic heterocycles. The van der Waals surface area contributed by atoms with E-state index >= 15 is 0 Å². The standard InChI is InChI=1S/C15H20ClNO3S/c1-3-4-5-13(15(19)20)17-14(18)10(2)21-12-8-6-11(16)7-9-12/h6-10,13H,3-5H2,1-2H3,(H,17,18)(H,19,20)/t10?,13-/m0/s1. The molecule has 0 bridgehead atoms. The minimum atomic E-state index is -0.986. The van der Waals surface area contributed by atoms with Gasteiger partial charge in [-0.25, -0.2) is 4.79 Å². The smallest absolute Gasteiger partial charge is 0.326 e. The van der Waals surface area contributed by atoms with Crippen molar-refractivity contribution in [3.05, 3.63) is 29.3 Å². The Kier molecular flexibility index (Phi) is 7.61. The van der Waals surface area contributed by atoms with Crippen LogP contribution in [0.25, 0.3) is 0 Å². The van der Waals surface area contributed by atoms with Gasteiger partial charge in [0.05, 0.1) is 5.25 Å². The predicted molar refractivity (Wildman–Crippen MR) is 85.9 cm³/mol. The molecular weight excluding hydrogens is 310 g/mol. The first-order chi connectivity index (χ1) is 9.93. The van der Waals surface area contributed by atoms with Crippen LogP contribution in [0.4, 0.5) is 0 Å². The highest BCUT2D eigenvalue weighted by atomic mass is 35.5. The van der Waals surface area contributed by atoms with Crippen molar-refractivity contribution in [3.63, 3.8) is 0 Å². The maximum absolute atomic E-state index is 12.1. The Labute approximate surface area is 134 Å². The Morgan fingerprint density at radius 3 is 2.48 bits per heavy atom. The zero-order valence-electron chi connectivity index (χ0n) is 12.1. The number of thioether (sulfide) groups is 1. The molecule has 1 aromatic rings. The molecule has 1 aromatic carbocycles. The molecule has 6 heteroatoms. The van der Waals surface area contributed by atoms with E-state index in [1.165, 1.54) is 11.8 Å². The number of carbonyl (C=O) groups excluding carboxylic acids is 1. The van der Waals surface area contributed by atoms with Crippen LogP contribution in [-0.2, 0) is 9.59 Å². The van der Waals surface area contributed by atoms with E-state index < -0.39 is 12.0 Å². The van der Waals surface area contributed by atoms with E-state index in [0.717, 1.165) is 17.7 Å². The van der Waals surface area contributed by atoms with Crippen LogP contribution in [0.5, 0.6) is 0 Å². The highest BCUT2D eigenvalue weighted by Crippen LogP contribution is 2.24. The van der Waals surface area contributed by atoms with Crippen LogP contribution in [0.3, 0.4) is 0 Å². The SMILES string of the molecule is CCCC[C@H](NC(=O)C(C)Sc1ccc(Cl)cc1)C(=O)O. The van der Waals surface area contributed by atoms with E-state index in [9.17, 15) is 9.59 Å². The van der Waals surface area contributed by atoms with Gasteiger partial charge in [-0.2, -0.15) is 0 Å². The first-order valence-electron chi connectivity index (χ1n) is 6.89. The van der Waals surface area contributed by atoms with Crippen LogP contribution in [-0.4, -0.2) is 28.3 Å². The molecule has 2 atom stereocenters. The lowest BCUT2D eigenvalue weighted by atomic mass is 10.1. The second kappa shape index (κ2) is 8.95. The zero-order valence-corrected chi connectivity index (χ0v) is 13.7. The number of hydrogen-bond donors (Lipinski definition) is 2. The minimum absolute atomic E-state index is 0.265. The second-order valence-electron chi connectivity index (χ2n) is 4.76. The van der Waals surface area contributed by atoms with Crippen LogP contribution in [0.1, 0.15) is 33.1 Å². The van der Waals surface area contributed by atoms with Gasteiger partial charge in [0, 0.05) is 9.92 Å². The summed E-state index contributed by atoms with van der Waals surface area (Å²) < 4.78 is 0. The van der Waals surface area contributed by atoms with Crippen LogP contribution in [0, 0.1) is 0 Å². The molecule has 2 N–H and O–H groups in total. The molecule has 0 spiro atoms. The zero-order chi connectivity index (χ0) is 15.8. The number of benzene rings is 1. The van der Waals surface area contributed by atoms with E-state index in [-0.39, 0.29) is 11.2 Å². The fourth-order valence-corrected chi connectivity index (χ4v) is 2.73. The van der Waals surface area contributed by atoms with Gasteiger partial charge in [0.1, 0.15) is 6.04 Å². The lowest BCUT2D eigenvalue weighted by Gasteiger charge is -2.17. The van der Waals surface area contributed by atoms with Crippen LogP contribution < -0.4 is 5.32 Å². The molecule has 0 aromatic heterocycles. The van der Waals surface area contributed by atoms with Crippen molar-refractivity contribution in [3.8, 4) is 0 Å². The molecule has 21 heavy (non-hydrogen) atoms. The highest BCUT2D eigenvalue weighted by Gasteiger charge is 2.22. The van der Waals surface area contributed by atoms with E-state index in [1.54, 1.807) is 19.1 Å². The Hall–Kier alpha value is -1.20. The predicted octanol–water partition coefficient (Wildman–Crippen LogP) is 3.58. The Morgan fingerprint density at radius 1 is 1.33 bits per heavy atom. The van der Waals surface area contributed by atoms with Crippen molar-refractivity contribution in [2.45, 2.75) is 49.3 Å². The van der Waals surface area contributed by atoms with Gasteiger partial charge in [-0.1, -0.05) is 31.4 Å². The average Bonchev–Trinajstić information content (AvgIpc) is 2.45. The number of unbranched alkanes of at least 4 members (excludes halogenated alkanes) is 1. The third-order valence-corrected chi connectivity index (χ3v) is 4.32. The van der Waals surface area contributed by atoms with Crippen molar-refractivity contribution < 1.29 is 14.7 Å². The van der Waals surface area contributed by atoms with Gasteiger partial charge in [-0.15, -0.1) is 11.8 Å². The van der Waals surface area contributed by atoms with E-state index in [4.69, 9.17) is 16.7 Å². The largest absolute Gasteiger partial charge is 0.480 e. The summed E-state index contributed by atoms with van der Waals surface area (Å²) in [6.45, 7) is 3.74. The van der Waals surface area contributed by atoms with E-state index in [0.29, 0.717) is 11.4 Å². The Morgan fingerprint density at radius 2 is 1.95 bits per heavy atom. The minimum Gasteiger partial charge on any atom is -0.480 e. The summed E-state index contributed by atoms with van der Waals surface area (Å²) in [5, 5.41) is 12.0. The fourth-order valence-electron chi connectivity index (χ4n) is 1.73. The molecule has 1 rings (SSSR count). The number of carboxylic acid groups (broad SMARTS) is 1. The molecule has 4 nitrogen and oxygen atoms in total. The summed E-state index contributed by atoms with van der Waals surface area (Å²) >= 11 is 7.18. The summed E-state index contributed by atoms with van der Waals surface area (Å²) in [7, 11) is 0. The topological polar surface area (TPSA) is 66.4 Å². The van der Waals surface area contributed by atoms with E-state index in [2.05, 4.69) is 5.32 Å². The molecule has 1 amide bonds. The number of halogens is 1. The van der Waals surface area contributed by atoms with Crippen LogP contribution >= 0.6 is 23.4 Å². The first kappa shape index (κ1) is 17.9. The number of rotatable bonds is 8. The van der Waals surface area contributed by atoms with Gasteiger partial charge in [0.2, 0.25) is 5.91 Å². The van der Waals surface area contributed by atoms with Gasteiger partial charge < -0.3 is 10.4 Å². The van der Waals surface area contributed by atoms with Crippen molar-refractivity contribution in [1.29, 1.82) is 0 Å². The van der Waals surface area contributed by atoms with Crippen molar-refractivity contribution in [1.82, 2.24) is 5.32 Å². The van der Waals surface area contributed by atoms with Crippen molar-refractivity contribution in [2.75, 3.05) is 0 Å². The Balaban J connectivity index is 2.56. The summed E-state index contributed by atoms with van der Waals surface area (Å²) in [5.41, 5.74) is 0. The van der Waals surface area contributed by atoms with Gasteiger partial charge in [-0.3, -0.25) is 4.79 Å². The molecular formula is C15H20ClNO3S. The summed E-state index contributed by atoms with van der Waals surface area (Å²) in [5.74, 6) is -1.25. The number of nitrogens with one attached hydrogen (secondary N) is 1. The molecule has 116 valence electrons. The Bertz CT molecular complexity index is 478.